The summed E-state index contributed by atoms with van der Waals surface area (Å²) in [5.74, 6) is 2.04. The number of fused-ring (bicyclic) bond motifs is 3. The van der Waals surface area contributed by atoms with Crippen LogP contribution in [-0.2, 0) is 48.1 Å². The van der Waals surface area contributed by atoms with Gasteiger partial charge in [0.2, 0.25) is 0 Å². The average Bonchev–Trinajstić information content (AvgIpc) is 3.98. The molecule has 3 aromatic heterocycles. The van der Waals surface area contributed by atoms with Crippen LogP contribution in [0.3, 0.4) is 0 Å². The van der Waals surface area contributed by atoms with Gasteiger partial charge in [-0.2, -0.15) is 17.7 Å². The van der Waals surface area contributed by atoms with Gasteiger partial charge in [-0.15, -0.1) is 29.7 Å². The minimum atomic E-state index is -0.451. The summed E-state index contributed by atoms with van der Waals surface area (Å²) < 4.78 is 13.6. The van der Waals surface area contributed by atoms with Crippen LogP contribution < -0.4 is 9.30 Å². The molecule has 6 heteroatoms. The van der Waals surface area contributed by atoms with Crippen LogP contribution in [0.4, 0.5) is 0 Å². The summed E-state index contributed by atoms with van der Waals surface area (Å²) in [6.45, 7) is 27.3. The Bertz CT molecular complexity index is 3520. The second-order valence-corrected chi connectivity index (χ2v) is 23.1. The maximum Gasteiger partial charge on any atom is 0.267 e. The van der Waals surface area contributed by atoms with E-state index in [9.17, 15) is 0 Å². The number of aromatic nitrogens is 4. The third-order valence-electron chi connectivity index (χ3n) is 15.0. The van der Waals surface area contributed by atoms with Gasteiger partial charge in [-0.05, 0) is 85.6 Å². The Labute approximate surface area is 447 Å². The molecule has 3 heterocycles. The Kier molecular flexibility index (Phi) is 13.5. The first kappa shape index (κ1) is 51.1. The van der Waals surface area contributed by atoms with Crippen LogP contribution in [0.25, 0.3) is 39.0 Å². The number of imidazole rings is 1. The number of hydrogen-bond acceptors (Lipinski definition) is 2. The molecule has 7 aromatic carbocycles. The van der Waals surface area contributed by atoms with Crippen molar-refractivity contribution in [2.45, 2.75) is 110 Å². The maximum absolute atomic E-state index is 6.96. The molecule has 73 heavy (non-hydrogen) atoms. The van der Waals surface area contributed by atoms with E-state index in [-0.39, 0.29) is 42.7 Å². The second kappa shape index (κ2) is 19.2. The van der Waals surface area contributed by atoms with E-state index in [1.165, 1.54) is 33.4 Å². The Morgan fingerprint density at radius 3 is 1.59 bits per heavy atom. The van der Waals surface area contributed by atoms with Crippen LogP contribution >= 0.6 is 0 Å². The summed E-state index contributed by atoms with van der Waals surface area (Å²) >= 11 is 0. The summed E-state index contributed by atoms with van der Waals surface area (Å²) in [4.78, 5) is 4.92. The van der Waals surface area contributed by atoms with Crippen LogP contribution in [0, 0.1) is 18.5 Å². The predicted octanol–water partition coefficient (Wildman–Crippen LogP) is 16.0. The Balaban J connectivity index is 0.00000656. The van der Waals surface area contributed by atoms with Gasteiger partial charge in [0.1, 0.15) is 5.82 Å². The first-order valence-corrected chi connectivity index (χ1v) is 25.3. The van der Waals surface area contributed by atoms with E-state index in [2.05, 4.69) is 285 Å². The fourth-order valence-corrected chi connectivity index (χ4v) is 10.1. The van der Waals surface area contributed by atoms with Crippen LogP contribution in [0.5, 0.6) is 11.5 Å². The smallest absolute Gasteiger partial charge is 0.267 e. The van der Waals surface area contributed by atoms with Crippen molar-refractivity contribution in [1.82, 2.24) is 14.1 Å². The number of pyridine rings is 1. The Morgan fingerprint density at radius 2 is 1.01 bits per heavy atom. The molecule has 0 amide bonds. The molecule has 0 spiro atoms. The first-order valence-electron chi connectivity index (χ1n) is 25.3. The quantitative estimate of drug-likeness (QED) is 0.0956. The van der Waals surface area contributed by atoms with E-state index in [1.54, 1.807) is 0 Å². The van der Waals surface area contributed by atoms with Gasteiger partial charge in [-0.1, -0.05) is 204 Å². The van der Waals surface area contributed by atoms with Gasteiger partial charge in [-0.3, -0.25) is 4.57 Å². The van der Waals surface area contributed by atoms with E-state index in [0.717, 1.165) is 50.3 Å². The third kappa shape index (κ3) is 9.77. The van der Waals surface area contributed by atoms with Gasteiger partial charge in [0.05, 0.1) is 11.4 Å². The number of hydrogen-bond donors (Lipinski definition) is 0. The van der Waals surface area contributed by atoms with E-state index < -0.39 is 5.41 Å². The average molecular weight is 1140 g/mol. The van der Waals surface area contributed by atoms with E-state index >= 15 is 0 Å². The van der Waals surface area contributed by atoms with E-state index in [1.807, 2.05) is 12.3 Å². The summed E-state index contributed by atoms with van der Waals surface area (Å²) in [5.41, 5.74) is 12.1. The maximum atomic E-state index is 6.96. The topological polar surface area (TPSA) is 35.9 Å². The predicted molar refractivity (Wildman–Crippen MR) is 296 cm³/mol. The molecule has 0 fully saturated rings. The van der Waals surface area contributed by atoms with Crippen molar-refractivity contribution in [2.75, 3.05) is 0 Å². The minimum absolute atomic E-state index is 0. The molecular formula is C67H66N4OPt-2. The molecule has 0 radical (unpaired) electrons. The van der Waals surface area contributed by atoms with Crippen LogP contribution in [0.15, 0.2) is 182 Å². The van der Waals surface area contributed by atoms with Crippen molar-refractivity contribution >= 4 is 21.8 Å². The number of benzene rings is 7. The van der Waals surface area contributed by atoms with Gasteiger partial charge >= 0.3 is 0 Å². The fraction of sp³-hybridized carbons (Fsp3) is 0.254. The van der Waals surface area contributed by atoms with Gasteiger partial charge in [0.25, 0.3) is 6.33 Å². The van der Waals surface area contributed by atoms with Crippen molar-refractivity contribution < 1.29 is 30.4 Å². The SMILES string of the molecule is CC(C)(C)c1cc(Oc2[c-]c3c(cc2)c2ccccc2n3-c2cc(C(C)(C)C)ccn2)[c-]c(-n2[c-][n+](-c3cc(C(C)(C)c4ccccc4)cc(C(C)(C)c4ccccc4)c3)cc2C(C)(C)c2ccccc2)c1.[Pt]. The van der Waals surface area contributed by atoms with Gasteiger partial charge in [-0.25, -0.2) is 4.98 Å². The molecule has 0 aliphatic heterocycles. The van der Waals surface area contributed by atoms with Gasteiger partial charge < -0.3 is 13.9 Å². The van der Waals surface area contributed by atoms with Crippen molar-refractivity contribution in [2.24, 2.45) is 0 Å². The van der Waals surface area contributed by atoms with Gasteiger partial charge in [0, 0.05) is 66.7 Å². The molecule has 0 unspecified atom stereocenters. The molecule has 0 N–H and O–H groups in total. The van der Waals surface area contributed by atoms with Crippen LogP contribution in [0.1, 0.15) is 128 Å². The number of nitrogens with zero attached hydrogens (tertiary/aromatic N) is 4. The molecule has 10 aromatic rings. The van der Waals surface area contributed by atoms with E-state index in [4.69, 9.17) is 9.72 Å². The number of para-hydroxylation sites is 1. The van der Waals surface area contributed by atoms with Crippen molar-refractivity contribution in [1.29, 1.82) is 0 Å². The number of ether oxygens (including phenoxy) is 1. The normalized spacial score (nSPS) is 12.5. The molecule has 0 aliphatic rings. The molecule has 5 nitrogen and oxygen atoms in total. The second-order valence-electron chi connectivity index (χ2n) is 23.1. The Morgan fingerprint density at radius 1 is 0.466 bits per heavy atom. The fourth-order valence-electron chi connectivity index (χ4n) is 10.1. The molecule has 0 saturated carbocycles. The zero-order valence-corrected chi connectivity index (χ0v) is 46.6. The van der Waals surface area contributed by atoms with Gasteiger partial charge in [0.15, 0.2) is 0 Å². The zero-order chi connectivity index (χ0) is 50.8. The largest absolute Gasteiger partial charge is 0.510 e. The van der Waals surface area contributed by atoms with Crippen LogP contribution in [0.2, 0.25) is 0 Å². The summed E-state index contributed by atoms with van der Waals surface area (Å²) in [7, 11) is 0. The summed E-state index contributed by atoms with van der Waals surface area (Å²) in [6.07, 6.45) is 8.08. The minimum Gasteiger partial charge on any atom is -0.510 e. The molecule has 10 rings (SSSR count). The van der Waals surface area contributed by atoms with Crippen molar-refractivity contribution in [3.05, 3.63) is 245 Å². The van der Waals surface area contributed by atoms with Crippen molar-refractivity contribution in [3.63, 3.8) is 0 Å². The Hall–Kier alpha value is -6.81. The third-order valence-corrected chi connectivity index (χ3v) is 15.0. The number of rotatable bonds is 11. The summed E-state index contributed by atoms with van der Waals surface area (Å²) in [6, 6.07) is 68.4. The molecule has 0 bridgehead atoms. The zero-order valence-electron chi connectivity index (χ0n) is 44.3. The van der Waals surface area contributed by atoms with Crippen molar-refractivity contribution in [3.8, 4) is 28.7 Å². The first-order chi connectivity index (χ1) is 34.2. The molecule has 0 atom stereocenters. The molecule has 0 aliphatic carbocycles. The van der Waals surface area contributed by atoms with E-state index in [0.29, 0.717) is 11.5 Å². The molecule has 372 valence electrons. The standard InChI is InChI=1S/C67H66N4O.Pt/c1-63(2,3)49-34-35-68-62(41-49)71-59-31-23-22-30-57(59)58-33-32-55(43-60(58)71)72-56-40-50(64(4,5)6)37-54(42-56)70-45-69(44-61(70)67(11,12)48-28-20-15-21-29-48)53-38-51(65(7,8)46-24-16-13-17-25-46)36-52(39-53)66(9,10)47-26-18-14-19-27-47;/h13-41,44H,1-12H3;/q-2;. The summed E-state index contributed by atoms with van der Waals surface area (Å²) in [5, 5.41) is 2.22. The van der Waals surface area contributed by atoms with Crippen LogP contribution in [-0.4, -0.2) is 14.1 Å². The molecular weight excluding hydrogens is 1070 g/mol. The monoisotopic (exact) mass is 1140 g/mol. The molecule has 0 saturated heterocycles.